The molecular formula is C28H28FN5OS. The van der Waals surface area contributed by atoms with Gasteiger partial charge in [-0.3, -0.25) is 9.69 Å². The summed E-state index contributed by atoms with van der Waals surface area (Å²) in [7, 11) is 1.69. The minimum absolute atomic E-state index is 0.00772. The van der Waals surface area contributed by atoms with Crippen molar-refractivity contribution in [3.8, 4) is 17.2 Å². The van der Waals surface area contributed by atoms with Crippen molar-refractivity contribution < 1.29 is 9.18 Å². The van der Waals surface area contributed by atoms with Crippen LogP contribution in [0.5, 0.6) is 0 Å². The highest BCUT2D eigenvalue weighted by Gasteiger charge is 2.51. The summed E-state index contributed by atoms with van der Waals surface area (Å²) < 4.78 is 13.4. The average Bonchev–Trinajstić information content (AvgIpc) is 3.40. The van der Waals surface area contributed by atoms with E-state index in [-0.39, 0.29) is 29.5 Å². The molecule has 5 rings (SSSR count). The predicted octanol–water partition coefficient (Wildman–Crippen LogP) is 4.96. The fraction of sp³-hybridized carbons (Fsp3) is 0.321. The SMILES string of the molecule is CN1C(=O)[C@@H](C2CCN(c3ccc(F)cc3)CC2)[C@@](C)(c2cc(-c3cccc(C#N)c3)cs2)N=C1N. The number of nitrogens with zero attached hydrogens (tertiary/aromatic N) is 4. The Morgan fingerprint density at radius 2 is 1.86 bits per heavy atom. The quantitative estimate of drug-likeness (QED) is 0.548. The number of hydrogen-bond acceptors (Lipinski definition) is 6. The molecule has 6 nitrogen and oxygen atoms in total. The van der Waals surface area contributed by atoms with Gasteiger partial charge in [0.1, 0.15) is 11.4 Å². The van der Waals surface area contributed by atoms with Crippen molar-refractivity contribution in [1.29, 1.82) is 5.26 Å². The molecule has 0 aliphatic carbocycles. The number of amides is 1. The van der Waals surface area contributed by atoms with Crippen molar-refractivity contribution in [2.75, 3.05) is 25.0 Å². The molecule has 184 valence electrons. The molecule has 8 heteroatoms. The normalized spacial score (nSPS) is 22.9. The Kier molecular flexibility index (Phi) is 6.27. The molecule has 2 N–H and O–H groups in total. The first-order valence-electron chi connectivity index (χ1n) is 12.0. The first kappa shape index (κ1) is 24.0. The average molecular weight is 502 g/mol. The Morgan fingerprint density at radius 3 is 2.56 bits per heavy atom. The third kappa shape index (κ3) is 4.24. The highest BCUT2D eigenvalue weighted by Crippen LogP contribution is 2.47. The molecule has 0 spiro atoms. The predicted molar refractivity (Wildman–Crippen MR) is 141 cm³/mol. The number of thiophene rings is 1. The molecular weight excluding hydrogens is 473 g/mol. The number of anilines is 1. The first-order valence-corrected chi connectivity index (χ1v) is 12.9. The van der Waals surface area contributed by atoms with Crippen molar-refractivity contribution in [3.63, 3.8) is 0 Å². The van der Waals surface area contributed by atoms with Gasteiger partial charge in [0, 0.05) is 30.7 Å². The van der Waals surface area contributed by atoms with Crippen LogP contribution >= 0.6 is 11.3 Å². The number of hydrogen-bond donors (Lipinski definition) is 1. The lowest BCUT2D eigenvalue weighted by Gasteiger charge is -2.46. The van der Waals surface area contributed by atoms with Crippen LogP contribution in [0.15, 0.2) is 65.0 Å². The van der Waals surface area contributed by atoms with Gasteiger partial charge in [-0.2, -0.15) is 5.26 Å². The zero-order chi connectivity index (χ0) is 25.4. The van der Waals surface area contributed by atoms with Crippen molar-refractivity contribution in [3.05, 3.63) is 76.2 Å². The van der Waals surface area contributed by atoms with Crippen LogP contribution in [0.1, 0.15) is 30.2 Å². The maximum atomic E-state index is 13.7. The molecule has 3 heterocycles. The van der Waals surface area contributed by atoms with E-state index in [4.69, 9.17) is 10.7 Å². The van der Waals surface area contributed by atoms with E-state index in [2.05, 4.69) is 22.4 Å². The fourth-order valence-electron chi connectivity index (χ4n) is 5.48. The lowest BCUT2D eigenvalue weighted by atomic mass is 9.70. The van der Waals surface area contributed by atoms with Crippen LogP contribution in [0.25, 0.3) is 11.1 Å². The molecule has 1 fully saturated rings. The summed E-state index contributed by atoms with van der Waals surface area (Å²) >= 11 is 1.57. The number of nitrogens with two attached hydrogens (primary N) is 1. The number of benzene rings is 2. The summed E-state index contributed by atoms with van der Waals surface area (Å²) in [5.41, 5.74) is 9.00. The summed E-state index contributed by atoms with van der Waals surface area (Å²) in [6.07, 6.45) is 1.66. The number of guanidine groups is 1. The van der Waals surface area contributed by atoms with Gasteiger partial charge < -0.3 is 10.6 Å². The van der Waals surface area contributed by atoms with Crippen molar-refractivity contribution >= 4 is 28.9 Å². The van der Waals surface area contributed by atoms with Gasteiger partial charge >= 0.3 is 0 Å². The Hall–Kier alpha value is -3.70. The first-order chi connectivity index (χ1) is 17.3. The third-order valence-corrected chi connectivity index (χ3v) is 8.68. The molecule has 3 aromatic rings. The molecule has 0 bridgehead atoms. The van der Waals surface area contributed by atoms with Gasteiger partial charge in [-0.15, -0.1) is 11.3 Å². The largest absolute Gasteiger partial charge is 0.372 e. The second-order valence-corrected chi connectivity index (χ2v) is 10.6. The number of carbonyl (C=O) groups excluding carboxylic acids is 1. The van der Waals surface area contributed by atoms with E-state index in [0.717, 1.165) is 47.6 Å². The van der Waals surface area contributed by atoms with E-state index in [1.807, 2.05) is 25.1 Å². The fourth-order valence-corrected chi connectivity index (χ4v) is 6.54. The number of piperidine rings is 1. The lowest BCUT2D eigenvalue weighted by molar-refractivity contribution is -0.136. The van der Waals surface area contributed by atoms with Gasteiger partial charge in [-0.25, -0.2) is 9.38 Å². The highest BCUT2D eigenvalue weighted by molar-refractivity contribution is 7.10. The van der Waals surface area contributed by atoms with Crippen LogP contribution in [0.2, 0.25) is 0 Å². The minimum atomic E-state index is -0.786. The standard InChI is InChI=1S/C28H28FN5OS/c1-28(24-15-21(17-36-24)20-5-3-4-18(14-20)16-30)25(26(35)33(2)27(31)32-28)19-10-12-34(13-11-19)23-8-6-22(29)7-9-23/h3-9,14-15,17,19,25H,10-13H2,1-2H3,(H2,31,32)/t25-,28-/m1/s1. The summed E-state index contributed by atoms with van der Waals surface area (Å²) in [6.45, 7) is 3.59. The lowest BCUT2D eigenvalue weighted by Crippen LogP contribution is -2.56. The Labute approximate surface area is 214 Å². The topological polar surface area (TPSA) is 85.7 Å². The van der Waals surface area contributed by atoms with Gasteiger partial charge in [0.05, 0.1) is 17.6 Å². The molecule has 1 aromatic heterocycles. The summed E-state index contributed by atoms with van der Waals surface area (Å²) in [5.74, 6) is -0.242. The Bertz CT molecular complexity index is 1350. The second kappa shape index (κ2) is 9.40. The van der Waals surface area contributed by atoms with E-state index in [9.17, 15) is 14.4 Å². The smallest absolute Gasteiger partial charge is 0.235 e. The Balaban J connectivity index is 1.45. The Morgan fingerprint density at radius 1 is 1.14 bits per heavy atom. The van der Waals surface area contributed by atoms with Crippen LogP contribution in [0.3, 0.4) is 0 Å². The highest BCUT2D eigenvalue weighted by atomic mass is 32.1. The summed E-state index contributed by atoms with van der Waals surface area (Å²) in [4.78, 5) is 23.3. The molecule has 36 heavy (non-hydrogen) atoms. The van der Waals surface area contributed by atoms with Gasteiger partial charge in [0.2, 0.25) is 5.91 Å². The molecule has 0 saturated carbocycles. The monoisotopic (exact) mass is 501 g/mol. The van der Waals surface area contributed by atoms with E-state index < -0.39 is 5.54 Å². The van der Waals surface area contributed by atoms with Crippen molar-refractivity contribution in [1.82, 2.24) is 4.90 Å². The van der Waals surface area contributed by atoms with E-state index >= 15 is 0 Å². The van der Waals surface area contributed by atoms with Gasteiger partial charge in [0.15, 0.2) is 5.96 Å². The van der Waals surface area contributed by atoms with Gasteiger partial charge in [0.25, 0.3) is 0 Å². The summed E-state index contributed by atoms with van der Waals surface area (Å²) in [5, 5.41) is 11.3. The van der Waals surface area contributed by atoms with Gasteiger partial charge in [-0.1, -0.05) is 12.1 Å². The zero-order valence-electron chi connectivity index (χ0n) is 20.3. The number of nitriles is 1. The van der Waals surface area contributed by atoms with Gasteiger partial charge in [-0.05, 0) is 84.7 Å². The number of halogens is 1. The molecule has 1 saturated heterocycles. The molecule has 2 aliphatic rings. The van der Waals surface area contributed by atoms with E-state index in [0.29, 0.717) is 5.56 Å². The van der Waals surface area contributed by atoms with Crippen molar-refractivity contribution in [2.45, 2.75) is 25.3 Å². The molecule has 0 radical (unpaired) electrons. The number of carbonyl (C=O) groups is 1. The zero-order valence-corrected chi connectivity index (χ0v) is 21.1. The van der Waals surface area contributed by atoms with Crippen LogP contribution in [0, 0.1) is 29.0 Å². The second-order valence-electron chi connectivity index (χ2n) is 9.69. The van der Waals surface area contributed by atoms with E-state index in [1.165, 1.54) is 17.0 Å². The minimum Gasteiger partial charge on any atom is -0.372 e. The van der Waals surface area contributed by atoms with Crippen LogP contribution < -0.4 is 10.6 Å². The van der Waals surface area contributed by atoms with Crippen LogP contribution in [-0.4, -0.2) is 36.9 Å². The van der Waals surface area contributed by atoms with Crippen LogP contribution in [0.4, 0.5) is 10.1 Å². The number of rotatable bonds is 4. The molecule has 2 aliphatic heterocycles. The molecule has 0 unspecified atom stereocenters. The summed E-state index contributed by atoms with van der Waals surface area (Å²) in [6, 6.07) is 18.4. The van der Waals surface area contributed by atoms with E-state index in [1.54, 1.807) is 36.6 Å². The molecule has 1 amide bonds. The number of aliphatic imine (C=N–C) groups is 1. The van der Waals surface area contributed by atoms with Crippen LogP contribution in [-0.2, 0) is 10.3 Å². The molecule has 2 atom stereocenters. The maximum Gasteiger partial charge on any atom is 0.235 e. The third-order valence-electron chi connectivity index (χ3n) is 7.52. The maximum absolute atomic E-state index is 13.7. The molecule has 2 aromatic carbocycles. The van der Waals surface area contributed by atoms with Crippen molar-refractivity contribution in [2.24, 2.45) is 22.6 Å².